The molecule has 0 spiro atoms. The third kappa shape index (κ3) is 4.77. The van der Waals surface area contributed by atoms with Gasteiger partial charge in [0.25, 0.3) is 0 Å². The van der Waals surface area contributed by atoms with E-state index in [1.54, 1.807) is 0 Å². The van der Waals surface area contributed by atoms with Crippen molar-refractivity contribution in [2.45, 2.75) is 26.8 Å². The van der Waals surface area contributed by atoms with Gasteiger partial charge >= 0.3 is 0 Å². The molecule has 2 N–H and O–H groups in total. The topological polar surface area (TPSA) is 29.3 Å². The van der Waals surface area contributed by atoms with Crippen LogP contribution in [0.5, 0.6) is 0 Å². The number of benzene rings is 1. The van der Waals surface area contributed by atoms with Gasteiger partial charge in [-0.2, -0.15) is 0 Å². The Balaban J connectivity index is 2.36. The molecular formula is C14H24N2. The number of likely N-dealkylation sites (N-methyl/N-ethyl adjacent to an activating group) is 1. The number of nitrogens with two attached hydrogens (primary N) is 1. The van der Waals surface area contributed by atoms with E-state index in [9.17, 15) is 0 Å². The van der Waals surface area contributed by atoms with Crippen molar-refractivity contribution in [1.82, 2.24) is 4.90 Å². The van der Waals surface area contributed by atoms with Gasteiger partial charge in [-0.25, -0.2) is 0 Å². The van der Waals surface area contributed by atoms with Crippen molar-refractivity contribution in [1.29, 1.82) is 0 Å². The van der Waals surface area contributed by atoms with Crippen molar-refractivity contribution in [3.8, 4) is 0 Å². The van der Waals surface area contributed by atoms with E-state index in [0.717, 1.165) is 18.9 Å². The largest absolute Gasteiger partial charge is 0.326 e. The highest BCUT2D eigenvalue weighted by Crippen LogP contribution is 2.05. The number of hydrogen-bond donors (Lipinski definition) is 1. The van der Waals surface area contributed by atoms with Crippen LogP contribution in [0.15, 0.2) is 24.3 Å². The van der Waals surface area contributed by atoms with Crippen LogP contribution in [0.25, 0.3) is 0 Å². The molecule has 0 aromatic heterocycles. The van der Waals surface area contributed by atoms with Gasteiger partial charge in [-0.05, 0) is 30.5 Å². The Bertz CT molecular complexity index is 290. The maximum Gasteiger partial charge on any atom is 0.0178 e. The second-order valence-corrected chi connectivity index (χ2v) is 4.93. The van der Waals surface area contributed by atoms with Crippen molar-refractivity contribution in [3.05, 3.63) is 35.4 Å². The van der Waals surface area contributed by atoms with Crippen molar-refractivity contribution in [2.24, 2.45) is 11.7 Å². The SMILES string of the molecule is CC(C)CN(C)CCc1ccc(CN)cc1. The lowest BCUT2D eigenvalue weighted by Crippen LogP contribution is -2.25. The van der Waals surface area contributed by atoms with Gasteiger partial charge < -0.3 is 10.6 Å². The summed E-state index contributed by atoms with van der Waals surface area (Å²) in [6.45, 7) is 7.44. The number of hydrogen-bond acceptors (Lipinski definition) is 2. The van der Waals surface area contributed by atoms with Crippen LogP contribution < -0.4 is 5.73 Å². The molecule has 0 unspecified atom stereocenters. The molecule has 0 aliphatic carbocycles. The molecule has 0 saturated heterocycles. The standard InChI is InChI=1S/C14H24N2/c1-12(2)11-16(3)9-8-13-4-6-14(10-15)7-5-13/h4-7,12H,8-11,15H2,1-3H3. The van der Waals surface area contributed by atoms with Crippen LogP contribution in [0.1, 0.15) is 25.0 Å². The van der Waals surface area contributed by atoms with Crippen LogP contribution in [0, 0.1) is 5.92 Å². The highest BCUT2D eigenvalue weighted by atomic mass is 15.1. The zero-order chi connectivity index (χ0) is 12.0. The second kappa shape index (κ2) is 6.66. The third-order valence-corrected chi connectivity index (χ3v) is 2.72. The minimum atomic E-state index is 0.632. The zero-order valence-electron chi connectivity index (χ0n) is 10.7. The van der Waals surface area contributed by atoms with Gasteiger partial charge in [0.2, 0.25) is 0 Å². The van der Waals surface area contributed by atoms with Gasteiger partial charge in [-0.1, -0.05) is 38.1 Å². The molecule has 1 rings (SSSR count). The summed E-state index contributed by atoms with van der Waals surface area (Å²) in [6, 6.07) is 8.62. The summed E-state index contributed by atoms with van der Waals surface area (Å²) in [5, 5.41) is 0. The Morgan fingerprint density at radius 3 is 2.19 bits per heavy atom. The fraction of sp³-hybridized carbons (Fsp3) is 0.571. The smallest absolute Gasteiger partial charge is 0.0178 e. The van der Waals surface area contributed by atoms with Gasteiger partial charge in [0.1, 0.15) is 0 Å². The van der Waals surface area contributed by atoms with Crippen LogP contribution >= 0.6 is 0 Å². The first-order chi connectivity index (χ1) is 7.61. The predicted octanol–water partition coefficient (Wildman–Crippen LogP) is 2.28. The van der Waals surface area contributed by atoms with E-state index in [0.29, 0.717) is 6.54 Å². The summed E-state index contributed by atoms with van der Waals surface area (Å²) in [5.41, 5.74) is 8.17. The molecule has 0 saturated carbocycles. The van der Waals surface area contributed by atoms with Gasteiger partial charge in [-0.3, -0.25) is 0 Å². The monoisotopic (exact) mass is 220 g/mol. The van der Waals surface area contributed by atoms with E-state index in [-0.39, 0.29) is 0 Å². The fourth-order valence-corrected chi connectivity index (χ4v) is 1.88. The van der Waals surface area contributed by atoms with E-state index in [2.05, 4.69) is 50.1 Å². The highest BCUT2D eigenvalue weighted by Gasteiger charge is 2.02. The van der Waals surface area contributed by atoms with Crippen molar-refractivity contribution < 1.29 is 0 Å². The molecule has 0 fully saturated rings. The Labute approximate surface area is 99.5 Å². The predicted molar refractivity (Wildman–Crippen MR) is 70.4 cm³/mol. The third-order valence-electron chi connectivity index (χ3n) is 2.72. The Morgan fingerprint density at radius 1 is 1.12 bits per heavy atom. The van der Waals surface area contributed by atoms with Crippen LogP contribution in [0.2, 0.25) is 0 Å². The lowest BCUT2D eigenvalue weighted by molar-refractivity contribution is 0.299. The fourth-order valence-electron chi connectivity index (χ4n) is 1.88. The molecule has 0 amide bonds. The molecule has 0 aliphatic heterocycles. The van der Waals surface area contributed by atoms with E-state index in [1.165, 1.54) is 17.7 Å². The normalized spacial score (nSPS) is 11.4. The average molecular weight is 220 g/mol. The minimum absolute atomic E-state index is 0.632. The average Bonchev–Trinajstić information content (AvgIpc) is 2.26. The first-order valence-corrected chi connectivity index (χ1v) is 6.08. The first kappa shape index (κ1) is 13.2. The quantitative estimate of drug-likeness (QED) is 0.797. The first-order valence-electron chi connectivity index (χ1n) is 6.08. The second-order valence-electron chi connectivity index (χ2n) is 4.93. The molecule has 2 nitrogen and oxygen atoms in total. The lowest BCUT2D eigenvalue weighted by Gasteiger charge is -2.18. The lowest BCUT2D eigenvalue weighted by atomic mass is 10.1. The molecule has 2 heteroatoms. The molecular weight excluding hydrogens is 196 g/mol. The van der Waals surface area contributed by atoms with E-state index in [1.807, 2.05) is 0 Å². The Hall–Kier alpha value is -0.860. The van der Waals surface area contributed by atoms with E-state index < -0.39 is 0 Å². The maximum atomic E-state index is 5.57. The van der Waals surface area contributed by atoms with Gasteiger partial charge in [0, 0.05) is 19.6 Å². The summed E-state index contributed by atoms with van der Waals surface area (Å²) in [4.78, 5) is 2.39. The molecule has 1 aromatic carbocycles. The maximum absolute atomic E-state index is 5.57. The molecule has 0 heterocycles. The molecule has 16 heavy (non-hydrogen) atoms. The van der Waals surface area contributed by atoms with Crippen LogP contribution in [0.3, 0.4) is 0 Å². The number of rotatable bonds is 6. The van der Waals surface area contributed by atoms with Crippen LogP contribution in [-0.4, -0.2) is 25.0 Å². The number of nitrogens with zero attached hydrogens (tertiary/aromatic N) is 1. The summed E-state index contributed by atoms with van der Waals surface area (Å²) in [5.74, 6) is 0.740. The van der Waals surface area contributed by atoms with Crippen molar-refractivity contribution in [2.75, 3.05) is 20.1 Å². The molecule has 0 radical (unpaired) electrons. The van der Waals surface area contributed by atoms with Gasteiger partial charge in [0.15, 0.2) is 0 Å². The Kier molecular flexibility index (Phi) is 5.50. The molecule has 0 atom stereocenters. The van der Waals surface area contributed by atoms with Crippen LogP contribution in [-0.2, 0) is 13.0 Å². The van der Waals surface area contributed by atoms with E-state index >= 15 is 0 Å². The summed E-state index contributed by atoms with van der Waals surface area (Å²) >= 11 is 0. The highest BCUT2D eigenvalue weighted by molar-refractivity contribution is 5.22. The van der Waals surface area contributed by atoms with Crippen molar-refractivity contribution >= 4 is 0 Å². The molecule has 1 aromatic rings. The molecule has 0 bridgehead atoms. The Morgan fingerprint density at radius 2 is 1.69 bits per heavy atom. The van der Waals surface area contributed by atoms with Crippen molar-refractivity contribution in [3.63, 3.8) is 0 Å². The minimum Gasteiger partial charge on any atom is -0.326 e. The summed E-state index contributed by atoms with van der Waals surface area (Å²) < 4.78 is 0. The summed E-state index contributed by atoms with van der Waals surface area (Å²) in [6.07, 6.45) is 1.12. The molecule has 90 valence electrons. The zero-order valence-corrected chi connectivity index (χ0v) is 10.7. The molecule has 0 aliphatic rings. The summed E-state index contributed by atoms with van der Waals surface area (Å²) in [7, 11) is 2.19. The van der Waals surface area contributed by atoms with Crippen LogP contribution in [0.4, 0.5) is 0 Å². The van der Waals surface area contributed by atoms with Gasteiger partial charge in [-0.15, -0.1) is 0 Å². The van der Waals surface area contributed by atoms with E-state index in [4.69, 9.17) is 5.73 Å². The van der Waals surface area contributed by atoms with Gasteiger partial charge in [0.05, 0.1) is 0 Å².